The fraction of sp³-hybridized carbons (Fsp3) is 0.600. The fourth-order valence-electron chi connectivity index (χ4n) is 2.26. The first-order valence-corrected chi connectivity index (χ1v) is 6.68. The van der Waals surface area contributed by atoms with Gasteiger partial charge in [0, 0.05) is 0 Å². The van der Waals surface area contributed by atoms with Crippen molar-refractivity contribution in [2.24, 2.45) is 0 Å². The highest BCUT2D eigenvalue weighted by Gasteiger charge is 2.16. The molecule has 0 heterocycles. The lowest BCUT2D eigenvalue weighted by atomic mass is 9.98. The Morgan fingerprint density at radius 3 is 2.29 bits per heavy atom. The first-order valence-electron chi connectivity index (χ1n) is 6.68. The molecule has 0 atom stereocenters. The standard InChI is InChI=1S/C15H22O2/c1-12(2)16-14-10-6-7-11-15(14)17-13-8-4-3-5-9-13/h6-7,10-13H,3-5,8-9H2,1-2H3. The predicted molar refractivity (Wildman–Crippen MR) is 69.7 cm³/mol. The smallest absolute Gasteiger partial charge is 0.161 e. The Morgan fingerprint density at radius 1 is 1.00 bits per heavy atom. The first-order chi connectivity index (χ1) is 8.25. The van der Waals surface area contributed by atoms with Crippen LogP contribution in [0.3, 0.4) is 0 Å². The van der Waals surface area contributed by atoms with Crippen LogP contribution in [0.25, 0.3) is 0 Å². The normalized spacial score (nSPS) is 17.1. The van der Waals surface area contributed by atoms with E-state index in [4.69, 9.17) is 9.47 Å². The summed E-state index contributed by atoms with van der Waals surface area (Å²) in [5.74, 6) is 1.76. The number of hydrogen-bond donors (Lipinski definition) is 0. The predicted octanol–water partition coefficient (Wildman–Crippen LogP) is 4.19. The van der Waals surface area contributed by atoms with E-state index in [-0.39, 0.29) is 6.10 Å². The number of para-hydroxylation sites is 2. The van der Waals surface area contributed by atoms with Crippen molar-refractivity contribution in [1.82, 2.24) is 0 Å². The lowest BCUT2D eigenvalue weighted by Crippen LogP contribution is -2.20. The van der Waals surface area contributed by atoms with E-state index in [1.807, 2.05) is 38.1 Å². The third kappa shape index (κ3) is 3.65. The monoisotopic (exact) mass is 234 g/mol. The molecule has 1 aromatic rings. The summed E-state index contributed by atoms with van der Waals surface area (Å²) in [4.78, 5) is 0. The summed E-state index contributed by atoms with van der Waals surface area (Å²) in [5, 5.41) is 0. The van der Waals surface area contributed by atoms with E-state index in [9.17, 15) is 0 Å². The second-order valence-corrected chi connectivity index (χ2v) is 4.99. The van der Waals surface area contributed by atoms with Gasteiger partial charge >= 0.3 is 0 Å². The van der Waals surface area contributed by atoms with Crippen LogP contribution in [0.1, 0.15) is 46.0 Å². The van der Waals surface area contributed by atoms with Crippen molar-refractivity contribution >= 4 is 0 Å². The summed E-state index contributed by atoms with van der Waals surface area (Å²) in [6.45, 7) is 4.08. The molecule has 1 fully saturated rings. The molecule has 0 spiro atoms. The fourth-order valence-corrected chi connectivity index (χ4v) is 2.26. The summed E-state index contributed by atoms with van der Waals surface area (Å²) in [5.41, 5.74) is 0. The first kappa shape index (κ1) is 12.3. The van der Waals surface area contributed by atoms with Crippen LogP contribution >= 0.6 is 0 Å². The van der Waals surface area contributed by atoms with Gasteiger partial charge in [0.25, 0.3) is 0 Å². The number of hydrogen-bond acceptors (Lipinski definition) is 2. The third-order valence-electron chi connectivity index (χ3n) is 3.06. The molecule has 1 aliphatic rings. The topological polar surface area (TPSA) is 18.5 Å². The average molecular weight is 234 g/mol. The highest BCUT2D eigenvalue weighted by molar-refractivity contribution is 5.39. The molecular formula is C15H22O2. The van der Waals surface area contributed by atoms with Gasteiger partial charge in [0.15, 0.2) is 11.5 Å². The van der Waals surface area contributed by atoms with Gasteiger partial charge in [-0.15, -0.1) is 0 Å². The molecule has 0 aromatic heterocycles. The molecule has 1 aliphatic carbocycles. The van der Waals surface area contributed by atoms with Gasteiger partial charge in [0.2, 0.25) is 0 Å². The van der Waals surface area contributed by atoms with Gasteiger partial charge in [-0.2, -0.15) is 0 Å². The van der Waals surface area contributed by atoms with Crippen LogP contribution in [0.5, 0.6) is 11.5 Å². The van der Waals surface area contributed by atoms with Gasteiger partial charge in [0.1, 0.15) is 0 Å². The van der Waals surface area contributed by atoms with E-state index in [1.165, 1.54) is 32.1 Å². The largest absolute Gasteiger partial charge is 0.487 e. The molecule has 94 valence electrons. The second-order valence-electron chi connectivity index (χ2n) is 4.99. The van der Waals surface area contributed by atoms with Gasteiger partial charge in [-0.3, -0.25) is 0 Å². The maximum Gasteiger partial charge on any atom is 0.161 e. The summed E-state index contributed by atoms with van der Waals surface area (Å²) < 4.78 is 11.8. The Kier molecular flexibility index (Phi) is 4.29. The SMILES string of the molecule is CC(C)Oc1ccccc1OC1CCCCC1. The van der Waals surface area contributed by atoms with Gasteiger partial charge < -0.3 is 9.47 Å². The molecule has 2 rings (SSSR count). The van der Waals surface area contributed by atoms with E-state index in [0.29, 0.717) is 6.10 Å². The van der Waals surface area contributed by atoms with E-state index >= 15 is 0 Å². The van der Waals surface area contributed by atoms with Crippen LogP contribution in [0.4, 0.5) is 0 Å². The van der Waals surface area contributed by atoms with Crippen LogP contribution in [0, 0.1) is 0 Å². The van der Waals surface area contributed by atoms with E-state index in [1.54, 1.807) is 0 Å². The Morgan fingerprint density at radius 2 is 1.65 bits per heavy atom. The molecule has 2 nitrogen and oxygen atoms in total. The quantitative estimate of drug-likeness (QED) is 0.778. The van der Waals surface area contributed by atoms with E-state index in [2.05, 4.69) is 0 Å². The molecule has 0 saturated heterocycles. The molecule has 1 saturated carbocycles. The van der Waals surface area contributed by atoms with Gasteiger partial charge in [-0.25, -0.2) is 0 Å². The molecule has 0 N–H and O–H groups in total. The summed E-state index contributed by atoms with van der Waals surface area (Å²) >= 11 is 0. The van der Waals surface area contributed by atoms with Gasteiger partial charge in [-0.05, 0) is 51.7 Å². The Labute approximate surface area is 104 Å². The Bertz CT molecular complexity index is 341. The van der Waals surface area contributed by atoms with Crippen molar-refractivity contribution in [3.63, 3.8) is 0 Å². The third-order valence-corrected chi connectivity index (χ3v) is 3.06. The number of benzene rings is 1. The van der Waals surface area contributed by atoms with Crippen LogP contribution < -0.4 is 9.47 Å². The van der Waals surface area contributed by atoms with E-state index < -0.39 is 0 Å². The zero-order valence-corrected chi connectivity index (χ0v) is 10.8. The number of rotatable bonds is 4. The molecule has 17 heavy (non-hydrogen) atoms. The van der Waals surface area contributed by atoms with Crippen molar-refractivity contribution < 1.29 is 9.47 Å². The van der Waals surface area contributed by atoms with Crippen LogP contribution in [-0.2, 0) is 0 Å². The van der Waals surface area contributed by atoms with Crippen LogP contribution in [0.15, 0.2) is 24.3 Å². The molecule has 1 aromatic carbocycles. The number of ether oxygens (including phenoxy) is 2. The maximum absolute atomic E-state index is 6.06. The highest BCUT2D eigenvalue weighted by atomic mass is 16.5. The Hall–Kier alpha value is -1.18. The highest BCUT2D eigenvalue weighted by Crippen LogP contribution is 2.31. The van der Waals surface area contributed by atoms with E-state index in [0.717, 1.165) is 11.5 Å². The lowest BCUT2D eigenvalue weighted by molar-refractivity contribution is 0.142. The zero-order chi connectivity index (χ0) is 12.1. The molecule has 2 heteroatoms. The van der Waals surface area contributed by atoms with Crippen LogP contribution in [-0.4, -0.2) is 12.2 Å². The molecule has 0 radical (unpaired) electrons. The minimum atomic E-state index is 0.186. The molecule has 0 bridgehead atoms. The molecule has 0 amide bonds. The van der Waals surface area contributed by atoms with Crippen molar-refractivity contribution in [3.8, 4) is 11.5 Å². The van der Waals surface area contributed by atoms with Gasteiger partial charge in [-0.1, -0.05) is 18.6 Å². The summed E-state index contributed by atoms with van der Waals surface area (Å²) in [6, 6.07) is 7.99. The lowest BCUT2D eigenvalue weighted by Gasteiger charge is -2.24. The molecular weight excluding hydrogens is 212 g/mol. The zero-order valence-electron chi connectivity index (χ0n) is 10.8. The Balaban J connectivity index is 2.03. The second kappa shape index (κ2) is 5.95. The van der Waals surface area contributed by atoms with Gasteiger partial charge in [0.05, 0.1) is 12.2 Å². The van der Waals surface area contributed by atoms with Crippen molar-refractivity contribution in [3.05, 3.63) is 24.3 Å². The van der Waals surface area contributed by atoms with Crippen molar-refractivity contribution in [2.45, 2.75) is 58.2 Å². The molecule has 0 aliphatic heterocycles. The summed E-state index contributed by atoms with van der Waals surface area (Å²) in [6.07, 6.45) is 6.85. The van der Waals surface area contributed by atoms with Crippen molar-refractivity contribution in [2.75, 3.05) is 0 Å². The van der Waals surface area contributed by atoms with Crippen molar-refractivity contribution in [1.29, 1.82) is 0 Å². The minimum absolute atomic E-state index is 0.186. The van der Waals surface area contributed by atoms with Crippen LogP contribution in [0.2, 0.25) is 0 Å². The summed E-state index contributed by atoms with van der Waals surface area (Å²) in [7, 11) is 0. The average Bonchev–Trinajstić information content (AvgIpc) is 2.32. The minimum Gasteiger partial charge on any atom is -0.487 e. The molecule has 0 unspecified atom stereocenters. The maximum atomic E-state index is 6.06.